The number of nitrogens with zero attached hydrogens (tertiary/aromatic N) is 2. The summed E-state index contributed by atoms with van der Waals surface area (Å²) in [6, 6.07) is 4.50. The second kappa shape index (κ2) is 7.08. The Labute approximate surface area is 143 Å². The first-order chi connectivity index (χ1) is 10.4. The van der Waals surface area contributed by atoms with E-state index in [2.05, 4.69) is 31.2 Å². The van der Waals surface area contributed by atoms with Gasteiger partial charge in [-0.1, -0.05) is 39.3 Å². The number of carbonyl (C=O) groups excluding carboxylic acids is 1. The summed E-state index contributed by atoms with van der Waals surface area (Å²) >= 11 is 10.4. The molecule has 0 spiro atoms. The minimum absolute atomic E-state index is 0.0136. The standard InChI is InChI=1S/C13H9BrClN3O3S/c1-22-13-16-5-8(15)10(18-13)11(19)17-9-3-2-6(14)4-7(9)12(20)21/h2-5H,1H3,(H,17,19)(H,20,21). The van der Waals surface area contributed by atoms with Crippen molar-refractivity contribution in [2.24, 2.45) is 0 Å². The molecule has 0 saturated heterocycles. The van der Waals surface area contributed by atoms with Gasteiger partial charge in [0, 0.05) is 4.47 Å². The molecule has 0 bridgehead atoms. The van der Waals surface area contributed by atoms with Crippen LogP contribution in [0.4, 0.5) is 5.69 Å². The lowest BCUT2D eigenvalue weighted by atomic mass is 10.1. The maximum Gasteiger partial charge on any atom is 0.337 e. The predicted molar refractivity (Wildman–Crippen MR) is 87.9 cm³/mol. The number of nitrogens with one attached hydrogen (secondary N) is 1. The number of benzene rings is 1. The van der Waals surface area contributed by atoms with Gasteiger partial charge >= 0.3 is 5.97 Å². The lowest BCUT2D eigenvalue weighted by Crippen LogP contribution is -2.17. The largest absolute Gasteiger partial charge is 0.478 e. The van der Waals surface area contributed by atoms with Gasteiger partial charge in [0.2, 0.25) is 0 Å². The second-order valence-corrected chi connectivity index (χ2v) is 6.10. The van der Waals surface area contributed by atoms with E-state index in [0.29, 0.717) is 9.63 Å². The maximum absolute atomic E-state index is 12.3. The van der Waals surface area contributed by atoms with Crippen molar-refractivity contribution in [1.29, 1.82) is 0 Å². The predicted octanol–water partition coefficient (Wildman–Crippen LogP) is 3.56. The van der Waals surface area contributed by atoms with Gasteiger partial charge < -0.3 is 10.4 Å². The summed E-state index contributed by atoms with van der Waals surface area (Å²) in [6.45, 7) is 0. The number of carbonyl (C=O) groups is 2. The molecule has 9 heteroatoms. The molecule has 2 rings (SSSR count). The zero-order valence-electron chi connectivity index (χ0n) is 11.1. The van der Waals surface area contributed by atoms with Gasteiger partial charge in [0.25, 0.3) is 5.91 Å². The Balaban J connectivity index is 2.35. The van der Waals surface area contributed by atoms with Crippen molar-refractivity contribution < 1.29 is 14.7 Å². The number of aromatic carboxylic acids is 1. The molecule has 6 nitrogen and oxygen atoms in total. The van der Waals surface area contributed by atoms with E-state index in [-0.39, 0.29) is 22.0 Å². The number of amides is 1. The lowest BCUT2D eigenvalue weighted by molar-refractivity contribution is 0.0698. The van der Waals surface area contributed by atoms with Crippen molar-refractivity contribution in [1.82, 2.24) is 9.97 Å². The molecule has 0 atom stereocenters. The third-order valence-corrected chi connectivity index (χ3v) is 3.91. The Morgan fingerprint density at radius 2 is 2.14 bits per heavy atom. The first-order valence-corrected chi connectivity index (χ1v) is 8.22. The van der Waals surface area contributed by atoms with Crippen LogP contribution in [-0.2, 0) is 0 Å². The van der Waals surface area contributed by atoms with Crippen LogP contribution in [0.2, 0.25) is 5.02 Å². The van der Waals surface area contributed by atoms with E-state index in [0.717, 1.165) is 0 Å². The van der Waals surface area contributed by atoms with E-state index in [1.807, 2.05) is 0 Å². The van der Waals surface area contributed by atoms with Gasteiger partial charge in [0.1, 0.15) is 0 Å². The molecule has 0 unspecified atom stereocenters. The topological polar surface area (TPSA) is 92.2 Å². The highest BCUT2D eigenvalue weighted by molar-refractivity contribution is 9.10. The highest BCUT2D eigenvalue weighted by atomic mass is 79.9. The van der Waals surface area contributed by atoms with Crippen LogP contribution in [-0.4, -0.2) is 33.2 Å². The van der Waals surface area contributed by atoms with Crippen LogP contribution in [0.3, 0.4) is 0 Å². The number of rotatable bonds is 4. The minimum Gasteiger partial charge on any atom is -0.478 e. The highest BCUT2D eigenvalue weighted by Crippen LogP contribution is 2.23. The zero-order valence-corrected chi connectivity index (χ0v) is 14.3. The third-order valence-electron chi connectivity index (χ3n) is 2.58. The fourth-order valence-electron chi connectivity index (χ4n) is 1.59. The summed E-state index contributed by atoms with van der Waals surface area (Å²) in [6.07, 6.45) is 3.09. The Bertz CT molecular complexity index is 757. The molecule has 2 N–H and O–H groups in total. The number of hydrogen-bond acceptors (Lipinski definition) is 5. The lowest BCUT2D eigenvalue weighted by Gasteiger charge is -2.09. The summed E-state index contributed by atoms with van der Waals surface area (Å²) < 4.78 is 0.590. The number of anilines is 1. The van der Waals surface area contributed by atoms with Crippen molar-refractivity contribution in [3.8, 4) is 0 Å². The number of halogens is 2. The highest BCUT2D eigenvalue weighted by Gasteiger charge is 2.18. The van der Waals surface area contributed by atoms with Crippen molar-refractivity contribution in [3.05, 3.63) is 45.1 Å². The molecule has 0 aliphatic rings. The van der Waals surface area contributed by atoms with Gasteiger partial charge in [-0.2, -0.15) is 0 Å². The van der Waals surface area contributed by atoms with Crippen LogP contribution < -0.4 is 5.32 Å². The Morgan fingerprint density at radius 1 is 1.41 bits per heavy atom. The maximum atomic E-state index is 12.3. The monoisotopic (exact) mass is 401 g/mol. The van der Waals surface area contributed by atoms with Crippen LogP contribution in [0.15, 0.2) is 34.0 Å². The fraction of sp³-hybridized carbons (Fsp3) is 0.0769. The number of aromatic nitrogens is 2. The van der Waals surface area contributed by atoms with E-state index < -0.39 is 11.9 Å². The average molecular weight is 403 g/mol. The molecule has 2 aromatic rings. The SMILES string of the molecule is CSc1ncc(Cl)c(C(=O)Nc2ccc(Br)cc2C(=O)O)n1. The normalized spacial score (nSPS) is 10.3. The molecule has 0 fully saturated rings. The number of hydrogen-bond donors (Lipinski definition) is 2. The Morgan fingerprint density at radius 3 is 2.77 bits per heavy atom. The molecule has 0 radical (unpaired) electrons. The fourth-order valence-corrected chi connectivity index (χ4v) is 2.47. The van der Waals surface area contributed by atoms with Crippen molar-refractivity contribution in [2.75, 3.05) is 11.6 Å². The van der Waals surface area contributed by atoms with Crippen LogP contribution in [0.1, 0.15) is 20.8 Å². The van der Waals surface area contributed by atoms with E-state index in [1.165, 1.54) is 30.1 Å². The van der Waals surface area contributed by atoms with E-state index in [4.69, 9.17) is 11.6 Å². The Hall–Kier alpha value is -1.64. The molecule has 1 aromatic carbocycles. The first kappa shape index (κ1) is 16.7. The molecular weight excluding hydrogens is 394 g/mol. The van der Waals surface area contributed by atoms with Gasteiger partial charge in [0.05, 0.1) is 22.5 Å². The van der Waals surface area contributed by atoms with Crippen molar-refractivity contribution >= 4 is 56.9 Å². The molecular formula is C13H9BrClN3O3S. The van der Waals surface area contributed by atoms with Gasteiger partial charge in [-0.15, -0.1) is 0 Å². The minimum atomic E-state index is -1.16. The summed E-state index contributed by atoms with van der Waals surface area (Å²) in [7, 11) is 0. The second-order valence-electron chi connectivity index (χ2n) is 4.00. The van der Waals surface area contributed by atoms with Gasteiger partial charge in [-0.25, -0.2) is 14.8 Å². The van der Waals surface area contributed by atoms with Crippen molar-refractivity contribution in [3.63, 3.8) is 0 Å². The molecule has 0 aliphatic heterocycles. The van der Waals surface area contributed by atoms with Gasteiger partial charge in [0.15, 0.2) is 10.9 Å². The van der Waals surface area contributed by atoms with E-state index >= 15 is 0 Å². The van der Waals surface area contributed by atoms with E-state index in [9.17, 15) is 14.7 Å². The summed E-state index contributed by atoms with van der Waals surface area (Å²) in [5.41, 5.74) is 0.0966. The van der Waals surface area contributed by atoms with Crippen LogP contribution >= 0.6 is 39.3 Å². The Kier molecular flexibility index (Phi) is 5.38. The molecule has 0 saturated carbocycles. The summed E-state index contributed by atoms with van der Waals surface area (Å²) in [4.78, 5) is 31.5. The van der Waals surface area contributed by atoms with Crippen LogP contribution in [0, 0.1) is 0 Å². The third kappa shape index (κ3) is 3.76. The van der Waals surface area contributed by atoms with Crippen molar-refractivity contribution in [2.45, 2.75) is 5.16 Å². The summed E-state index contributed by atoms with van der Waals surface area (Å²) in [5.74, 6) is -1.76. The van der Waals surface area contributed by atoms with Crippen LogP contribution in [0.25, 0.3) is 0 Å². The van der Waals surface area contributed by atoms with Gasteiger partial charge in [-0.05, 0) is 24.5 Å². The molecule has 114 valence electrons. The first-order valence-electron chi connectivity index (χ1n) is 5.83. The quantitative estimate of drug-likeness (QED) is 0.600. The van der Waals surface area contributed by atoms with E-state index in [1.54, 1.807) is 12.3 Å². The molecule has 0 aliphatic carbocycles. The number of carboxylic acids is 1. The number of thioether (sulfide) groups is 1. The molecule has 1 aromatic heterocycles. The van der Waals surface area contributed by atoms with Crippen LogP contribution in [0.5, 0.6) is 0 Å². The smallest absolute Gasteiger partial charge is 0.337 e. The number of carboxylic acid groups (broad SMARTS) is 1. The molecule has 1 heterocycles. The van der Waals surface area contributed by atoms with Gasteiger partial charge in [-0.3, -0.25) is 4.79 Å². The molecule has 1 amide bonds. The average Bonchev–Trinajstić information content (AvgIpc) is 2.49. The molecule has 22 heavy (non-hydrogen) atoms. The zero-order chi connectivity index (χ0) is 16.3. The summed E-state index contributed by atoms with van der Waals surface area (Å²) in [5, 5.41) is 12.2.